The highest BCUT2D eigenvalue weighted by Gasteiger charge is 2.32. The van der Waals surface area contributed by atoms with Gasteiger partial charge in [0.2, 0.25) is 0 Å². The molecule has 0 bridgehead atoms. The Hall–Kier alpha value is -2.29. The van der Waals surface area contributed by atoms with Crippen LogP contribution in [-0.2, 0) is 25.2 Å². The minimum Gasteiger partial charge on any atom is -0.456 e. The van der Waals surface area contributed by atoms with Crippen LogP contribution < -0.4 is 10.2 Å². The first-order chi connectivity index (χ1) is 11.8. The highest BCUT2D eigenvalue weighted by Crippen LogP contribution is 2.35. The van der Waals surface area contributed by atoms with E-state index < -0.39 is 30.2 Å². The summed E-state index contributed by atoms with van der Waals surface area (Å²) in [7, 11) is 0. The van der Waals surface area contributed by atoms with Gasteiger partial charge in [0.25, 0.3) is 5.91 Å². The number of carbonyl (C=O) groups is 2. The zero-order valence-corrected chi connectivity index (χ0v) is 13.7. The molecule has 0 radical (unpaired) electrons. The first-order valence-electron chi connectivity index (χ1n) is 7.80. The third kappa shape index (κ3) is 5.35. The van der Waals surface area contributed by atoms with Gasteiger partial charge < -0.3 is 19.7 Å². The summed E-state index contributed by atoms with van der Waals surface area (Å²) in [5, 5.41) is 2.40. The number of morpholine rings is 1. The predicted molar refractivity (Wildman–Crippen MR) is 84.4 cm³/mol. The second-order valence-electron chi connectivity index (χ2n) is 5.39. The minimum absolute atomic E-state index is 0.0225. The number of amides is 1. The summed E-state index contributed by atoms with van der Waals surface area (Å²) in [6.45, 7) is 2.91. The third-order valence-corrected chi connectivity index (χ3v) is 3.60. The zero-order chi connectivity index (χ0) is 18.4. The second kappa shape index (κ2) is 8.19. The molecule has 1 aromatic carbocycles. The molecule has 1 N–H and O–H groups in total. The summed E-state index contributed by atoms with van der Waals surface area (Å²) >= 11 is 0. The maximum Gasteiger partial charge on any atom is 0.416 e. The number of hydrogen-bond donors (Lipinski definition) is 1. The molecule has 1 fully saturated rings. The van der Waals surface area contributed by atoms with E-state index in [0.717, 1.165) is 12.1 Å². The summed E-state index contributed by atoms with van der Waals surface area (Å²) in [4.78, 5) is 24.8. The maximum atomic E-state index is 13.0. The molecule has 0 unspecified atom stereocenters. The molecular weight excluding hydrogens is 341 g/mol. The number of nitrogens with zero attached hydrogens (tertiary/aromatic N) is 1. The van der Waals surface area contributed by atoms with Crippen LogP contribution in [0.25, 0.3) is 0 Å². The lowest BCUT2D eigenvalue weighted by Crippen LogP contribution is -2.37. The number of hydrogen-bond acceptors (Lipinski definition) is 5. The van der Waals surface area contributed by atoms with Gasteiger partial charge >= 0.3 is 12.1 Å². The molecule has 0 spiro atoms. The van der Waals surface area contributed by atoms with Crippen LogP contribution in [0.1, 0.15) is 18.9 Å². The smallest absolute Gasteiger partial charge is 0.416 e. The number of alkyl halides is 3. The van der Waals surface area contributed by atoms with E-state index in [9.17, 15) is 22.8 Å². The van der Waals surface area contributed by atoms with E-state index in [1.54, 1.807) is 6.92 Å². The Morgan fingerprint density at radius 2 is 1.96 bits per heavy atom. The standard InChI is InChI=1S/C16H19F3N2O4/c1-2-15(23)25-10-14(22)20-12-9-11(16(17,18)19)3-4-13(12)21-5-7-24-8-6-21/h3-4,9H,2,5-8,10H2,1H3,(H,20,22). The normalized spacial score (nSPS) is 15.0. The lowest BCUT2D eigenvalue weighted by Gasteiger charge is -2.31. The maximum absolute atomic E-state index is 13.0. The average molecular weight is 360 g/mol. The fourth-order valence-corrected chi connectivity index (χ4v) is 2.33. The molecule has 1 aliphatic heterocycles. The fraction of sp³-hybridized carbons (Fsp3) is 0.500. The van der Waals surface area contributed by atoms with Crippen molar-refractivity contribution in [1.82, 2.24) is 0 Å². The van der Waals surface area contributed by atoms with Crippen molar-refractivity contribution in [3.8, 4) is 0 Å². The molecule has 1 amide bonds. The monoisotopic (exact) mass is 360 g/mol. The number of esters is 1. The van der Waals surface area contributed by atoms with Gasteiger partial charge in [0.1, 0.15) is 0 Å². The van der Waals surface area contributed by atoms with E-state index in [-0.39, 0.29) is 12.1 Å². The lowest BCUT2D eigenvalue weighted by atomic mass is 10.1. The SMILES string of the molecule is CCC(=O)OCC(=O)Nc1cc(C(F)(F)F)ccc1N1CCOCC1. The Balaban J connectivity index is 2.21. The van der Waals surface area contributed by atoms with Gasteiger partial charge in [0.05, 0.1) is 30.2 Å². The molecule has 9 heteroatoms. The molecule has 6 nitrogen and oxygen atoms in total. The molecule has 25 heavy (non-hydrogen) atoms. The van der Waals surface area contributed by atoms with Crippen LogP contribution in [0.4, 0.5) is 24.5 Å². The molecule has 1 saturated heterocycles. The van der Waals surface area contributed by atoms with E-state index in [0.29, 0.717) is 32.0 Å². The number of benzene rings is 1. The van der Waals surface area contributed by atoms with Gasteiger partial charge in [-0.1, -0.05) is 6.92 Å². The van der Waals surface area contributed by atoms with Crippen molar-refractivity contribution in [3.63, 3.8) is 0 Å². The molecule has 1 heterocycles. The van der Waals surface area contributed by atoms with Crippen molar-refractivity contribution in [3.05, 3.63) is 23.8 Å². The Bertz CT molecular complexity index is 628. The van der Waals surface area contributed by atoms with Gasteiger partial charge in [-0.3, -0.25) is 9.59 Å². The van der Waals surface area contributed by atoms with E-state index in [2.05, 4.69) is 5.32 Å². The zero-order valence-electron chi connectivity index (χ0n) is 13.7. The van der Waals surface area contributed by atoms with Crippen LogP contribution >= 0.6 is 0 Å². The molecule has 0 aromatic heterocycles. The fourth-order valence-electron chi connectivity index (χ4n) is 2.33. The highest BCUT2D eigenvalue weighted by atomic mass is 19.4. The van der Waals surface area contributed by atoms with Gasteiger partial charge in [-0.25, -0.2) is 0 Å². The summed E-state index contributed by atoms with van der Waals surface area (Å²) < 4.78 is 48.8. The third-order valence-electron chi connectivity index (χ3n) is 3.60. The second-order valence-corrected chi connectivity index (χ2v) is 5.39. The van der Waals surface area contributed by atoms with E-state index in [1.807, 2.05) is 4.90 Å². The largest absolute Gasteiger partial charge is 0.456 e. The van der Waals surface area contributed by atoms with Crippen molar-refractivity contribution >= 4 is 23.3 Å². The van der Waals surface area contributed by atoms with Crippen molar-refractivity contribution in [1.29, 1.82) is 0 Å². The number of ether oxygens (including phenoxy) is 2. The predicted octanol–water partition coefficient (Wildman–Crippen LogP) is 2.43. The first-order valence-corrected chi connectivity index (χ1v) is 7.80. The average Bonchev–Trinajstić information content (AvgIpc) is 2.59. The van der Waals surface area contributed by atoms with E-state index >= 15 is 0 Å². The van der Waals surface area contributed by atoms with Crippen LogP contribution in [0.5, 0.6) is 0 Å². The molecule has 0 atom stereocenters. The van der Waals surface area contributed by atoms with E-state index in [4.69, 9.17) is 9.47 Å². The number of nitrogens with one attached hydrogen (secondary N) is 1. The van der Waals surface area contributed by atoms with Crippen LogP contribution in [-0.4, -0.2) is 44.8 Å². The van der Waals surface area contributed by atoms with Crippen molar-refractivity contribution in [2.45, 2.75) is 19.5 Å². The van der Waals surface area contributed by atoms with Gasteiger partial charge in [0.15, 0.2) is 6.61 Å². The van der Waals surface area contributed by atoms with Crippen LogP contribution in [0.3, 0.4) is 0 Å². The van der Waals surface area contributed by atoms with Crippen molar-refractivity contribution in [2.24, 2.45) is 0 Å². The Morgan fingerprint density at radius 1 is 1.28 bits per heavy atom. The summed E-state index contributed by atoms with van der Waals surface area (Å²) in [6, 6.07) is 3.17. The topological polar surface area (TPSA) is 67.9 Å². The molecular formula is C16H19F3N2O4. The number of halogens is 3. The summed E-state index contributed by atoms with van der Waals surface area (Å²) in [5.41, 5.74) is -0.383. The Morgan fingerprint density at radius 3 is 2.56 bits per heavy atom. The molecule has 138 valence electrons. The molecule has 1 aliphatic rings. The van der Waals surface area contributed by atoms with Crippen LogP contribution in [0.2, 0.25) is 0 Å². The van der Waals surface area contributed by atoms with Crippen LogP contribution in [0, 0.1) is 0 Å². The van der Waals surface area contributed by atoms with Gasteiger partial charge in [0, 0.05) is 19.5 Å². The quantitative estimate of drug-likeness (QED) is 0.817. The molecule has 0 saturated carbocycles. The highest BCUT2D eigenvalue weighted by molar-refractivity contribution is 5.96. The summed E-state index contributed by atoms with van der Waals surface area (Å²) in [5.74, 6) is -1.26. The van der Waals surface area contributed by atoms with Crippen molar-refractivity contribution < 1.29 is 32.2 Å². The van der Waals surface area contributed by atoms with Gasteiger partial charge in [-0.05, 0) is 18.2 Å². The Kier molecular flexibility index (Phi) is 6.24. The van der Waals surface area contributed by atoms with Crippen LogP contribution in [0.15, 0.2) is 18.2 Å². The van der Waals surface area contributed by atoms with E-state index in [1.165, 1.54) is 6.07 Å². The molecule has 2 rings (SSSR count). The molecule has 0 aliphatic carbocycles. The minimum atomic E-state index is -4.53. The Labute approximate surface area is 142 Å². The number of carbonyl (C=O) groups excluding carboxylic acids is 2. The van der Waals surface area contributed by atoms with Gasteiger partial charge in [-0.15, -0.1) is 0 Å². The number of rotatable bonds is 5. The summed E-state index contributed by atoms with van der Waals surface area (Å²) in [6.07, 6.45) is -4.42. The lowest BCUT2D eigenvalue weighted by molar-refractivity contribution is -0.146. The van der Waals surface area contributed by atoms with Crippen molar-refractivity contribution in [2.75, 3.05) is 43.1 Å². The molecule has 1 aromatic rings. The first kappa shape index (κ1) is 19.0. The van der Waals surface area contributed by atoms with Gasteiger partial charge in [-0.2, -0.15) is 13.2 Å². The number of anilines is 2.